The summed E-state index contributed by atoms with van der Waals surface area (Å²) in [4.78, 5) is 5.05. The summed E-state index contributed by atoms with van der Waals surface area (Å²) in [5.41, 5.74) is 3.68. The Bertz CT molecular complexity index is 622. The molecule has 0 radical (unpaired) electrons. The Kier molecular flexibility index (Phi) is 6.57. The smallest absolute Gasteiger partial charge is 0.173 e. The van der Waals surface area contributed by atoms with Crippen molar-refractivity contribution in [1.29, 1.82) is 0 Å². The summed E-state index contributed by atoms with van der Waals surface area (Å²) in [6.45, 7) is 8.84. The van der Waals surface area contributed by atoms with E-state index < -0.39 is 0 Å². The van der Waals surface area contributed by atoms with Crippen molar-refractivity contribution in [3.63, 3.8) is 0 Å². The quantitative estimate of drug-likeness (QED) is 0.753. The zero-order valence-corrected chi connectivity index (χ0v) is 17.7. The van der Waals surface area contributed by atoms with Gasteiger partial charge in [0.05, 0.1) is 0 Å². The van der Waals surface area contributed by atoms with Crippen LogP contribution >= 0.6 is 12.2 Å². The Labute approximate surface area is 165 Å². The lowest BCUT2D eigenvalue weighted by molar-refractivity contribution is 0.0691. The molecule has 2 atom stereocenters. The van der Waals surface area contributed by atoms with Crippen LogP contribution in [0.15, 0.2) is 18.2 Å². The maximum atomic E-state index is 5.70. The number of nitrogens with one attached hydrogen (secondary N) is 1. The van der Waals surface area contributed by atoms with Gasteiger partial charge in [0, 0.05) is 30.9 Å². The standard InChI is InChI=1S/C22H35N3S/c1-16-9-10-20(18(3)15-16)23-22(26)25-13-11-19(12-14-25)24(4)21-8-6-5-7-17(21)2/h9-10,15,17,19,21H,5-8,11-14H2,1-4H3,(H,23,26)/t17-,21+/m1/s1. The fourth-order valence-corrected chi connectivity index (χ4v) is 5.09. The molecule has 1 aliphatic heterocycles. The number of nitrogens with zero attached hydrogens (tertiary/aromatic N) is 2. The molecular formula is C22H35N3S. The van der Waals surface area contributed by atoms with E-state index in [9.17, 15) is 0 Å². The highest BCUT2D eigenvalue weighted by Gasteiger charge is 2.31. The Hall–Kier alpha value is -1.13. The fraction of sp³-hybridized carbons (Fsp3) is 0.682. The molecule has 144 valence electrons. The first-order valence-electron chi connectivity index (χ1n) is 10.3. The molecule has 1 aromatic carbocycles. The van der Waals surface area contributed by atoms with E-state index in [0.29, 0.717) is 6.04 Å². The minimum absolute atomic E-state index is 0.709. The maximum Gasteiger partial charge on any atom is 0.173 e. The van der Waals surface area contributed by atoms with Crippen LogP contribution in [0, 0.1) is 19.8 Å². The molecule has 1 heterocycles. The summed E-state index contributed by atoms with van der Waals surface area (Å²) in [6, 6.07) is 7.98. The number of hydrogen-bond donors (Lipinski definition) is 1. The first-order valence-corrected chi connectivity index (χ1v) is 10.7. The lowest BCUT2D eigenvalue weighted by Gasteiger charge is -2.44. The monoisotopic (exact) mass is 373 g/mol. The molecule has 1 aliphatic carbocycles. The number of benzene rings is 1. The van der Waals surface area contributed by atoms with Crippen LogP contribution < -0.4 is 5.32 Å². The van der Waals surface area contributed by atoms with Crippen molar-refractivity contribution in [3.8, 4) is 0 Å². The van der Waals surface area contributed by atoms with Gasteiger partial charge in [-0.3, -0.25) is 0 Å². The van der Waals surface area contributed by atoms with Crippen LogP contribution in [0.25, 0.3) is 0 Å². The van der Waals surface area contributed by atoms with E-state index in [1.165, 1.54) is 49.7 Å². The van der Waals surface area contributed by atoms with Gasteiger partial charge in [0.2, 0.25) is 0 Å². The summed E-state index contributed by atoms with van der Waals surface area (Å²) in [5.74, 6) is 0.846. The number of rotatable bonds is 3. The number of anilines is 1. The molecule has 0 aromatic heterocycles. The normalized spacial score (nSPS) is 24.7. The average Bonchev–Trinajstić information content (AvgIpc) is 2.64. The van der Waals surface area contributed by atoms with Gasteiger partial charge in [-0.05, 0) is 76.3 Å². The van der Waals surface area contributed by atoms with Gasteiger partial charge >= 0.3 is 0 Å². The molecule has 1 saturated heterocycles. The van der Waals surface area contributed by atoms with Gasteiger partial charge in [0.15, 0.2) is 5.11 Å². The second-order valence-corrected chi connectivity index (χ2v) is 8.85. The van der Waals surface area contributed by atoms with Crippen molar-refractivity contribution in [1.82, 2.24) is 9.80 Å². The van der Waals surface area contributed by atoms with Crippen molar-refractivity contribution in [2.45, 2.75) is 71.4 Å². The Morgan fingerprint density at radius 2 is 1.81 bits per heavy atom. The fourth-order valence-electron chi connectivity index (χ4n) is 4.80. The molecule has 0 amide bonds. The van der Waals surface area contributed by atoms with Crippen molar-refractivity contribution in [2.24, 2.45) is 5.92 Å². The average molecular weight is 374 g/mol. The first-order chi connectivity index (χ1) is 12.5. The maximum absolute atomic E-state index is 5.70. The third-order valence-corrected chi connectivity index (χ3v) is 6.90. The number of piperidine rings is 1. The Morgan fingerprint density at radius 3 is 2.46 bits per heavy atom. The molecule has 3 rings (SSSR count). The molecule has 2 aliphatic rings. The number of thiocarbonyl (C=S) groups is 1. The summed E-state index contributed by atoms with van der Waals surface area (Å²) < 4.78 is 0. The SMILES string of the molecule is Cc1ccc(NC(=S)N2CCC(N(C)[C@H]3CCCC[C@H]3C)CC2)c(C)c1. The van der Waals surface area contributed by atoms with Crippen molar-refractivity contribution >= 4 is 23.0 Å². The van der Waals surface area contributed by atoms with E-state index in [0.717, 1.165) is 35.8 Å². The molecule has 2 fully saturated rings. The van der Waals surface area contributed by atoms with Crippen LogP contribution in [0.1, 0.15) is 56.6 Å². The number of hydrogen-bond acceptors (Lipinski definition) is 2. The molecule has 3 nitrogen and oxygen atoms in total. The summed E-state index contributed by atoms with van der Waals surface area (Å²) >= 11 is 5.70. The minimum atomic E-state index is 0.709. The molecule has 1 N–H and O–H groups in total. The molecule has 0 bridgehead atoms. The lowest BCUT2D eigenvalue weighted by Crippen LogP contribution is -2.51. The lowest BCUT2D eigenvalue weighted by atomic mass is 9.84. The molecule has 1 saturated carbocycles. The molecule has 1 aromatic rings. The highest BCUT2D eigenvalue weighted by Crippen LogP contribution is 2.30. The number of likely N-dealkylation sites (tertiary alicyclic amines) is 1. The predicted octanol–water partition coefficient (Wildman–Crippen LogP) is 4.98. The second kappa shape index (κ2) is 8.71. The molecule has 4 heteroatoms. The van der Waals surface area contributed by atoms with E-state index in [2.05, 4.69) is 61.1 Å². The van der Waals surface area contributed by atoms with Gasteiger partial charge in [-0.1, -0.05) is 37.5 Å². The Morgan fingerprint density at radius 1 is 1.12 bits per heavy atom. The van der Waals surface area contributed by atoms with Crippen LogP contribution in [0.2, 0.25) is 0 Å². The third-order valence-electron chi connectivity index (χ3n) is 6.54. The van der Waals surface area contributed by atoms with Crippen molar-refractivity contribution in [3.05, 3.63) is 29.3 Å². The van der Waals surface area contributed by atoms with E-state index >= 15 is 0 Å². The van der Waals surface area contributed by atoms with Crippen LogP contribution in [0.3, 0.4) is 0 Å². The van der Waals surface area contributed by atoms with E-state index in [-0.39, 0.29) is 0 Å². The van der Waals surface area contributed by atoms with Gasteiger partial charge in [-0.15, -0.1) is 0 Å². The first kappa shape index (κ1) is 19.6. The topological polar surface area (TPSA) is 18.5 Å². The second-order valence-electron chi connectivity index (χ2n) is 8.46. The van der Waals surface area contributed by atoms with Crippen LogP contribution in [-0.4, -0.2) is 47.1 Å². The van der Waals surface area contributed by atoms with Crippen LogP contribution in [0.4, 0.5) is 5.69 Å². The zero-order chi connectivity index (χ0) is 18.7. The van der Waals surface area contributed by atoms with E-state index in [1.807, 2.05) is 0 Å². The van der Waals surface area contributed by atoms with Gasteiger partial charge in [-0.25, -0.2) is 0 Å². The third kappa shape index (κ3) is 4.58. The summed E-state index contributed by atoms with van der Waals surface area (Å²) in [6.07, 6.45) is 8.04. The summed E-state index contributed by atoms with van der Waals surface area (Å²) in [7, 11) is 2.36. The van der Waals surface area contributed by atoms with E-state index in [1.54, 1.807) is 0 Å². The largest absolute Gasteiger partial charge is 0.349 e. The molecular weight excluding hydrogens is 338 g/mol. The minimum Gasteiger partial charge on any atom is -0.349 e. The van der Waals surface area contributed by atoms with Gasteiger partial charge in [0.1, 0.15) is 0 Å². The van der Waals surface area contributed by atoms with Crippen molar-refractivity contribution < 1.29 is 0 Å². The zero-order valence-electron chi connectivity index (χ0n) is 16.9. The number of aryl methyl sites for hydroxylation is 2. The highest BCUT2D eigenvalue weighted by molar-refractivity contribution is 7.80. The molecule has 26 heavy (non-hydrogen) atoms. The molecule has 0 spiro atoms. The summed E-state index contributed by atoms with van der Waals surface area (Å²) in [5, 5.41) is 4.34. The van der Waals surface area contributed by atoms with Crippen LogP contribution in [-0.2, 0) is 0 Å². The Balaban J connectivity index is 1.52. The van der Waals surface area contributed by atoms with Crippen molar-refractivity contribution in [2.75, 3.05) is 25.5 Å². The van der Waals surface area contributed by atoms with Gasteiger partial charge in [0.25, 0.3) is 0 Å². The van der Waals surface area contributed by atoms with Gasteiger partial charge < -0.3 is 15.1 Å². The highest BCUT2D eigenvalue weighted by atomic mass is 32.1. The van der Waals surface area contributed by atoms with Crippen LogP contribution in [0.5, 0.6) is 0 Å². The van der Waals surface area contributed by atoms with E-state index in [4.69, 9.17) is 12.2 Å². The molecule has 0 unspecified atom stereocenters. The predicted molar refractivity (Wildman–Crippen MR) is 116 cm³/mol. The van der Waals surface area contributed by atoms with Gasteiger partial charge in [-0.2, -0.15) is 0 Å².